The van der Waals surface area contributed by atoms with E-state index in [1.165, 1.54) is 18.7 Å². The summed E-state index contributed by atoms with van der Waals surface area (Å²) in [5, 5.41) is 9.29. The minimum Gasteiger partial charge on any atom is -0.480 e. The third kappa shape index (κ3) is 1.72. The second-order valence-corrected chi connectivity index (χ2v) is 4.77. The van der Waals surface area contributed by atoms with Crippen LogP contribution in [0.1, 0.15) is 20.8 Å². The number of rotatable bonds is 2. The molecule has 0 aliphatic carbocycles. The standard InChI is InChI=1S/C13H15NO4/c1-8-11(15)14(13(2,3)12(16)17)9-6-4-5-7-10(9)18-8/h4-8H,1-3H3,(H,16,17). The Hall–Kier alpha value is -2.04. The van der Waals surface area contributed by atoms with E-state index in [1.54, 1.807) is 31.2 Å². The van der Waals surface area contributed by atoms with Crippen LogP contribution in [0.4, 0.5) is 5.69 Å². The number of ether oxygens (including phenoxy) is 1. The Morgan fingerprint density at radius 1 is 1.39 bits per heavy atom. The summed E-state index contributed by atoms with van der Waals surface area (Å²) in [5.74, 6) is -0.875. The minimum atomic E-state index is -1.31. The number of aliphatic carboxylic acids is 1. The van der Waals surface area contributed by atoms with Crippen molar-refractivity contribution in [3.63, 3.8) is 0 Å². The van der Waals surface area contributed by atoms with Crippen LogP contribution in [0.25, 0.3) is 0 Å². The second-order valence-electron chi connectivity index (χ2n) is 4.77. The van der Waals surface area contributed by atoms with Crippen LogP contribution < -0.4 is 9.64 Å². The number of fused-ring (bicyclic) bond motifs is 1. The fraction of sp³-hybridized carbons (Fsp3) is 0.385. The van der Waals surface area contributed by atoms with Crippen molar-refractivity contribution in [3.8, 4) is 5.75 Å². The molecule has 0 saturated carbocycles. The largest absolute Gasteiger partial charge is 0.480 e. The molecule has 96 valence electrons. The van der Waals surface area contributed by atoms with Gasteiger partial charge in [-0.15, -0.1) is 0 Å². The predicted molar refractivity (Wildman–Crippen MR) is 65.7 cm³/mol. The molecule has 5 nitrogen and oxygen atoms in total. The number of nitrogens with zero attached hydrogens (tertiary/aromatic N) is 1. The van der Waals surface area contributed by atoms with E-state index < -0.39 is 17.6 Å². The zero-order valence-electron chi connectivity index (χ0n) is 10.5. The Bertz CT molecular complexity index is 509. The molecule has 0 radical (unpaired) electrons. The fourth-order valence-electron chi connectivity index (χ4n) is 1.96. The molecule has 0 bridgehead atoms. The van der Waals surface area contributed by atoms with Crippen LogP contribution in [-0.2, 0) is 9.59 Å². The molecular weight excluding hydrogens is 234 g/mol. The molecular formula is C13H15NO4. The number of carbonyl (C=O) groups excluding carboxylic acids is 1. The number of amides is 1. The van der Waals surface area contributed by atoms with Crippen molar-refractivity contribution in [2.45, 2.75) is 32.4 Å². The van der Waals surface area contributed by atoms with E-state index in [0.717, 1.165) is 0 Å². The van der Waals surface area contributed by atoms with Gasteiger partial charge in [0.15, 0.2) is 6.10 Å². The van der Waals surface area contributed by atoms with Gasteiger partial charge in [-0.2, -0.15) is 0 Å². The highest BCUT2D eigenvalue weighted by molar-refractivity contribution is 6.05. The molecule has 1 aliphatic heterocycles. The fourth-order valence-corrected chi connectivity index (χ4v) is 1.96. The molecule has 1 aromatic carbocycles. The van der Waals surface area contributed by atoms with Gasteiger partial charge in [0.25, 0.3) is 5.91 Å². The maximum Gasteiger partial charge on any atom is 0.329 e. The molecule has 1 N–H and O–H groups in total. The van der Waals surface area contributed by atoms with Gasteiger partial charge in [0.1, 0.15) is 11.3 Å². The number of benzene rings is 1. The smallest absolute Gasteiger partial charge is 0.329 e. The molecule has 1 aromatic rings. The maximum atomic E-state index is 12.2. The highest BCUT2D eigenvalue weighted by Gasteiger charge is 2.44. The molecule has 0 aromatic heterocycles. The van der Waals surface area contributed by atoms with Gasteiger partial charge in [0, 0.05) is 0 Å². The first-order chi connectivity index (χ1) is 8.35. The van der Waals surface area contributed by atoms with Gasteiger partial charge in [-0.25, -0.2) is 4.79 Å². The second kappa shape index (κ2) is 4.01. The Morgan fingerprint density at radius 3 is 2.61 bits per heavy atom. The van der Waals surface area contributed by atoms with Crippen molar-refractivity contribution < 1.29 is 19.4 Å². The van der Waals surface area contributed by atoms with Crippen molar-refractivity contribution in [3.05, 3.63) is 24.3 Å². The summed E-state index contributed by atoms with van der Waals surface area (Å²) in [6.07, 6.45) is -0.682. The lowest BCUT2D eigenvalue weighted by Gasteiger charge is -2.40. The molecule has 1 aliphatic rings. The summed E-state index contributed by atoms with van der Waals surface area (Å²) < 4.78 is 5.47. The van der Waals surface area contributed by atoms with Gasteiger partial charge < -0.3 is 9.84 Å². The molecule has 5 heteroatoms. The lowest BCUT2D eigenvalue weighted by Crippen LogP contribution is -2.58. The molecule has 0 saturated heterocycles. The van der Waals surface area contributed by atoms with Crippen molar-refractivity contribution in [2.75, 3.05) is 4.90 Å². The summed E-state index contributed by atoms with van der Waals surface area (Å²) in [5.41, 5.74) is -0.821. The Morgan fingerprint density at radius 2 is 2.00 bits per heavy atom. The van der Waals surface area contributed by atoms with Crippen LogP contribution >= 0.6 is 0 Å². The topological polar surface area (TPSA) is 66.8 Å². The average Bonchev–Trinajstić information content (AvgIpc) is 2.30. The Labute approximate surface area is 105 Å². The number of para-hydroxylation sites is 2. The van der Waals surface area contributed by atoms with Crippen LogP contribution in [0.2, 0.25) is 0 Å². The zero-order valence-corrected chi connectivity index (χ0v) is 10.5. The highest BCUT2D eigenvalue weighted by Crippen LogP contribution is 2.37. The third-order valence-corrected chi connectivity index (χ3v) is 3.06. The lowest BCUT2D eigenvalue weighted by molar-refractivity contribution is -0.145. The summed E-state index contributed by atoms with van der Waals surface area (Å²) in [4.78, 5) is 24.8. The van der Waals surface area contributed by atoms with Gasteiger partial charge in [0.05, 0.1) is 5.69 Å². The van der Waals surface area contributed by atoms with Gasteiger partial charge in [0.2, 0.25) is 0 Å². The van der Waals surface area contributed by atoms with E-state index in [0.29, 0.717) is 11.4 Å². The first-order valence-electron chi connectivity index (χ1n) is 5.69. The van der Waals surface area contributed by atoms with Crippen LogP contribution in [-0.4, -0.2) is 28.6 Å². The molecule has 1 amide bonds. The van der Waals surface area contributed by atoms with E-state index >= 15 is 0 Å². The zero-order chi connectivity index (χ0) is 13.5. The van der Waals surface area contributed by atoms with Crippen molar-refractivity contribution in [2.24, 2.45) is 0 Å². The summed E-state index contributed by atoms with van der Waals surface area (Å²) >= 11 is 0. The Kier molecular flexibility index (Phi) is 2.77. The van der Waals surface area contributed by atoms with Gasteiger partial charge in [-0.05, 0) is 32.9 Å². The average molecular weight is 249 g/mol. The number of hydrogen-bond acceptors (Lipinski definition) is 3. The lowest BCUT2D eigenvalue weighted by atomic mass is 9.99. The molecule has 1 unspecified atom stereocenters. The SMILES string of the molecule is CC1Oc2ccccc2N(C(C)(C)C(=O)O)C1=O. The number of carboxylic acids is 1. The molecule has 1 heterocycles. The summed E-state index contributed by atoms with van der Waals surface area (Å²) in [6, 6.07) is 6.94. The normalized spacial score (nSPS) is 19.2. The molecule has 0 fully saturated rings. The number of anilines is 1. The van der Waals surface area contributed by atoms with Crippen LogP contribution in [0.5, 0.6) is 5.75 Å². The highest BCUT2D eigenvalue weighted by atomic mass is 16.5. The van der Waals surface area contributed by atoms with E-state index in [2.05, 4.69) is 0 Å². The minimum absolute atomic E-state index is 0.346. The summed E-state index contributed by atoms with van der Waals surface area (Å²) in [6.45, 7) is 4.62. The van der Waals surface area contributed by atoms with Crippen LogP contribution in [0.15, 0.2) is 24.3 Å². The maximum absolute atomic E-state index is 12.2. The van der Waals surface area contributed by atoms with E-state index in [-0.39, 0.29) is 5.91 Å². The van der Waals surface area contributed by atoms with Crippen molar-refractivity contribution >= 4 is 17.6 Å². The monoisotopic (exact) mass is 249 g/mol. The van der Waals surface area contributed by atoms with Gasteiger partial charge >= 0.3 is 5.97 Å². The van der Waals surface area contributed by atoms with E-state index in [1.807, 2.05) is 0 Å². The summed E-state index contributed by atoms with van der Waals surface area (Å²) in [7, 11) is 0. The van der Waals surface area contributed by atoms with Crippen molar-refractivity contribution in [1.29, 1.82) is 0 Å². The molecule has 18 heavy (non-hydrogen) atoms. The molecule has 1 atom stereocenters. The van der Waals surface area contributed by atoms with Gasteiger partial charge in [-0.3, -0.25) is 9.69 Å². The van der Waals surface area contributed by atoms with Crippen molar-refractivity contribution in [1.82, 2.24) is 0 Å². The number of hydrogen-bond donors (Lipinski definition) is 1. The first kappa shape index (κ1) is 12.4. The van der Waals surface area contributed by atoms with E-state index in [9.17, 15) is 14.7 Å². The Balaban J connectivity index is 2.58. The van der Waals surface area contributed by atoms with Gasteiger partial charge in [-0.1, -0.05) is 12.1 Å². The molecule has 0 spiro atoms. The van der Waals surface area contributed by atoms with E-state index in [4.69, 9.17) is 4.74 Å². The third-order valence-electron chi connectivity index (χ3n) is 3.06. The van der Waals surface area contributed by atoms with Crippen LogP contribution in [0, 0.1) is 0 Å². The van der Waals surface area contributed by atoms with Crippen LogP contribution in [0.3, 0.4) is 0 Å². The number of carboxylic acid groups (broad SMARTS) is 1. The number of carbonyl (C=O) groups is 2. The first-order valence-corrected chi connectivity index (χ1v) is 5.69. The quantitative estimate of drug-likeness (QED) is 0.865. The molecule has 2 rings (SSSR count). The predicted octanol–water partition coefficient (Wildman–Crippen LogP) is 1.66.